The molecule has 2 aliphatic carbocycles. The zero-order chi connectivity index (χ0) is 24.5. The summed E-state index contributed by atoms with van der Waals surface area (Å²) in [6, 6.07) is 2.92. The first-order valence-electron chi connectivity index (χ1n) is 11.5. The highest BCUT2D eigenvalue weighted by Crippen LogP contribution is 2.59. The van der Waals surface area contributed by atoms with Crippen molar-refractivity contribution in [3.8, 4) is 0 Å². The van der Waals surface area contributed by atoms with Gasteiger partial charge in [-0.3, -0.25) is 9.48 Å². The molecule has 0 radical (unpaired) electrons. The van der Waals surface area contributed by atoms with Crippen molar-refractivity contribution in [3.05, 3.63) is 59.1 Å². The van der Waals surface area contributed by atoms with E-state index in [0.29, 0.717) is 5.56 Å². The molecular formula is C23H23F4N7O. The summed E-state index contributed by atoms with van der Waals surface area (Å²) >= 11 is 0. The molecule has 3 aromatic heterocycles. The number of amides is 1. The van der Waals surface area contributed by atoms with E-state index >= 15 is 0 Å². The number of rotatable bonds is 6. The molecule has 2 unspecified atom stereocenters. The Kier molecular flexibility index (Phi) is 4.91. The summed E-state index contributed by atoms with van der Waals surface area (Å²) in [6.07, 6.45) is 3.38. The van der Waals surface area contributed by atoms with Gasteiger partial charge >= 0.3 is 0 Å². The molecule has 35 heavy (non-hydrogen) atoms. The van der Waals surface area contributed by atoms with Crippen molar-refractivity contribution < 1.29 is 22.4 Å². The predicted octanol–water partition coefficient (Wildman–Crippen LogP) is 3.12. The molecule has 1 N–H and O–H groups in total. The number of hydrogen-bond donors (Lipinski definition) is 1. The first kappa shape index (κ1) is 22.1. The number of aromatic nitrogens is 5. The van der Waals surface area contributed by atoms with Gasteiger partial charge < -0.3 is 14.8 Å². The van der Waals surface area contributed by atoms with Crippen LogP contribution in [0.2, 0.25) is 0 Å². The van der Waals surface area contributed by atoms with Crippen molar-refractivity contribution in [1.29, 1.82) is 0 Å². The van der Waals surface area contributed by atoms with E-state index in [0.717, 1.165) is 24.2 Å². The van der Waals surface area contributed by atoms with Gasteiger partial charge in [0.2, 0.25) is 0 Å². The van der Waals surface area contributed by atoms with Crippen LogP contribution < -0.4 is 10.2 Å². The van der Waals surface area contributed by atoms with Crippen LogP contribution in [0.1, 0.15) is 51.9 Å². The summed E-state index contributed by atoms with van der Waals surface area (Å²) in [5, 5.41) is 7.12. The quantitative estimate of drug-likeness (QED) is 0.539. The normalized spacial score (nSPS) is 24.1. The predicted molar refractivity (Wildman–Crippen MR) is 116 cm³/mol. The number of pyridine rings is 1. The van der Waals surface area contributed by atoms with Crippen LogP contribution in [0, 0.1) is 11.8 Å². The summed E-state index contributed by atoms with van der Waals surface area (Å²) in [5.74, 6) is -4.13. The second kappa shape index (κ2) is 7.79. The third-order valence-electron chi connectivity index (χ3n) is 7.35. The average molecular weight is 489 g/mol. The highest BCUT2D eigenvalue weighted by Gasteiger charge is 2.71. The number of anilines is 1. The van der Waals surface area contributed by atoms with Crippen LogP contribution >= 0.6 is 0 Å². The molecule has 3 aromatic rings. The lowest BCUT2D eigenvalue weighted by Gasteiger charge is -2.22. The summed E-state index contributed by atoms with van der Waals surface area (Å²) < 4.78 is 57.9. The summed E-state index contributed by atoms with van der Waals surface area (Å²) in [4.78, 5) is 22.8. The Morgan fingerprint density at radius 2 is 2.03 bits per heavy atom. The molecule has 1 aliphatic heterocycles. The molecular weight excluding hydrogens is 466 g/mol. The molecule has 8 nitrogen and oxygen atoms in total. The van der Waals surface area contributed by atoms with Crippen molar-refractivity contribution in [3.63, 3.8) is 0 Å². The van der Waals surface area contributed by atoms with Crippen LogP contribution in [0.15, 0.2) is 30.9 Å². The van der Waals surface area contributed by atoms with Crippen molar-refractivity contribution >= 4 is 11.7 Å². The lowest BCUT2D eigenvalue weighted by atomic mass is 10.2. The molecule has 6 rings (SSSR count). The largest absolute Gasteiger partial charge is 0.356 e. The number of nitrogens with zero attached hydrogens (tertiary/aromatic N) is 6. The van der Waals surface area contributed by atoms with E-state index in [1.165, 1.54) is 23.1 Å². The lowest BCUT2D eigenvalue weighted by Crippen LogP contribution is -2.28. The number of halogens is 4. The third-order valence-corrected chi connectivity index (χ3v) is 7.35. The van der Waals surface area contributed by atoms with Crippen LogP contribution in [-0.2, 0) is 20.0 Å². The minimum Gasteiger partial charge on any atom is -0.356 e. The molecule has 12 heteroatoms. The van der Waals surface area contributed by atoms with E-state index in [4.69, 9.17) is 0 Å². The van der Waals surface area contributed by atoms with Gasteiger partial charge in [0.15, 0.2) is 0 Å². The molecule has 0 spiro atoms. The fourth-order valence-electron chi connectivity index (χ4n) is 5.30. The van der Waals surface area contributed by atoms with Crippen molar-refractivity contribution in [2.24, 2.45) is 18.9 Å². The van der Waals surface area contributed by atoms with E-state index in [2.05, 4.69) is 20.4 Å². The van der Waals surface area contributed by atoms with Gasteiger partial charge in [-0.1, -0.05) is 6.07 Å². The van der Waals surface area contributed by atoms with E-state index in [1.807, 2.05) is 11.6 Å². The highest BCUT2D eigenvalue weighted by atomic mass is 19.3. The fourth-order valence-corrected chi connectivity index (χ4v) is 5.30. The Bertz CT molecular complexity index is 1290. The van der Waals surface area contributed by atoms with Gasteiger partial charge in [-0.15, -0.1) is 0 Å². The number of imidazole rings is 1. The maximum atomic E-state index is 13.8. The van der Waals surface area contributed by atoms with Gasteiger partial charge in [0.05, 0.1) is 48.2 Å². The molecule has 1 saturated heterocycles. The maximum absolute atomic E-state index is 13.8. The van der Waals surface area contributed by atoms with Crippen LogP contribution in [0.3, 0.4) is 0 Å². The number of aryl methyl sites for hydroxylation is 1. The van der Waals surface area contributed by atoms with E-state index < -0.39 is 29.9 Å². The molecule has 3 atom stereocenters. The number of piperidine rings is 1. The van der Waals surface area contributed by atoms with Gasteiger partial charge in [-0.2, -0.15) is 5.10 Å². The SMILES string of the molecule is Cn1cnc2c1CC[C@H]2NC(=O)c1cnn(Cc2ccc(N3CC4C(C3)C4(F)F)nc2C(F)F)c1. The van der Waals surface area contributed by atoms with Gasteiger partial charge in [-0.05, 0) is 18.9 Å². The molecule has 1 amide bonds. The van der Waals surface area contributed by atoms with Crippen LogP contribution in [0.25, 0.3) is 0 Å². The van der Waals surface area contributed by atoms with Crippen LogP contribution in [-0.4, -0.2) is 49.2 Å². The minimum absolute atomic E-state index is 0.00261. The average Bonchev–Trinajstić information content (AvgIpc) is 3.46. The number of hydrogen-bond acceptors (Lipinski definition) is 5. The number of carbonyl (C=O) groups excluding carboxylic acids is 1. The van der Waals surface area contributed by atoms with Gasteiger partial charge in [0.25, 0.3) is 18.3 Å². The topological polar surface area (TPSA) is 80.9 Å². The lowest BCUT2D eigenvalue weighted by molar-refractivity contribution is 0.0796. The third kappa shape index (κ3) is 3.66. The fraction of sp³-hybridized carbons (Fsp3) is 0.478. The van der Waals surface area contributed by atoms with Crippen LogP contribution in [0.5, 0.6) is 0 Å². The standard InChI is InChI=1S/C23H23F4N7O/c1-32-11-28-20-16(3-4-17(20)32)30-22(35)13-6-29-34(8-13)7-12-2-5-18(31-19(12)21(24)25)33-9-14-15(10-33)23(14,26)27/h2,5-6,8,11,14-16,21H,3-4,7,9-10H2,1H3,(H,30,35)/t14?,15?,16-/m1/s1. The van der Waals surface area contributed by atoms with Gasteiger partial charge in [0.1, 0.15) is 11.5 Å². The van der Waals surface area contributed by atoms with E-state index in [1.54, 1.807) is 17.3 Å². The highest BCUT2D eigenvalue weighted by molar-refractivity contribution is 5.94. The molecule has 2 fully saturated rings. The smallest absolute Gasteiger partial charge is 0.280 e. The molecule has 0 aromatic carbocycles. The van der Waals surface area contributed by atoms with Crippen molar-refractivity contribution in [2.45, 2.75) is 37.8 Å². The van der Waals surface area contributed by atoms with E-state index in [9.17, 15) is 22.4 Å². The summed E-state index contributed by atoms with van der Waals surface area (Å²) in [6.45, 7) is 0.230. The van der Waals surface area contributed by atoms with Crippen LogP contribution in [0.4, 0.5) is 23.4 Å². The van der Waals surface area contributed by atoms with E-state index in [-0.39, 0.29) is 43.0 Å². The Labute approximate surface area is 198 Å². The number of nitrogens with one attached hydrogen (secondary N) is 1. The van der Waals surface area contributed by atoms with Crippen molar-refractivity contribution in [1.82, 2.24) is 29.6 Å². The molecule has 4 heterocycles. The second-order valence-electron chi connectivity index (χ2n) is 9.49. The number of fused-ring (bicyclic) bond motifs is 2. The van der Waals surface area contributed by atoms with Gasteiger partial charge in [-0.25, -0.2) is 27.5 Å². The Morgan fingerprint density at radius 3 is 2.77 bits per heavy atom. The monoisotopic (exact) mass is 489 g/mol. The number of alkyl halides is 4. The van der Waals surface area contributed by atoms with Crippen molar-refractivity contribution in [2.75, 3.05) is 18.0 Å². The Hall–Kier alpha value is -3.44. The summed E-state index contributed by atoms with van der Waals surface area (Å²) in [7, 11) is 1.92. The molecule has 0 bridgehead atoms. The Balaban J connectivity index is 1.14. The zero-order valence-corrected chi connectivity index (χ0v) is 18.8. The molecule has 184 valence electrons. The van der Waals surface area contributed by atoms with Gasteiger partial charge in [0, 0.05) is 37.6 Å². The molecule has 1 saturated carbocycles. The molecule has 3 aliphatic rings. The first-order chi connectivity index (χ1) is 16.7. The number of carbonyl (C=O) groups is 1. The Morgan fingerprint density at radius 1 is 1.26 bits per heavy atom. The second-order valence-corrected chi connectivity index (χ2v) is 9.49. The minimum atomic E-state index is -2.84. The maximum Gasteiger partial charge on any atom is 0.280 e. The summed E-state index contributed by atoms with van der Waals surface area (Å²) in [5.41, 5.74) is 2.11. The first-order valence-corrected chi connectivity index (χ1v) is 11.5. The zero-order valence-electron chi connectivity index (χ0n) is 18.8.